The second-order valence-corrected chi connectivity index (χ2v) is 7.18. The van der Waals surface area contributed by atoms with Crippen molar-refractivity contribution in [3.8, 4) is 0 Å². The van der Waals surface area contributed by atoms with Crippen LogP contribution in [0.4, 0.5) is 5.69 Å². The van der Waals surface area contributed by atoms with Crippen molar-refractivity contribution in [2.24, 2.45) is 0 Å². The lowest BCUT2D eigenvalue weighted by Crippen LogP contribution is -2.49. The average molecular weight is 349 g/mol. The summed E-state index contributed by atoms with van der Waals surface area (Å²) in [7, 11) is 4.13. The summed E-state index contributed by atoms with van der Waals surface area (Å²) >= 11 is 0. The first-order valence-corrected chi connectivity index (χ1v) is 8.86. The van der Waals surface area contributed by atoms with E-state index >= 15 is 0 Å². The maximum absolute atomic E-state index is 13.1. The fourth-order valence-electron chi connectivity index (χ4n) is 3.57. The van der Waals surface area contributed by atoms with Crippen LogP contribution in [0.2, 0.25) is 0 Å². The summed E-state index contributed by atoms with van der Waals surface area (Å²) in [5.41, 5.74) is 4.06. The van der Waals surface area contributed by atoms with Crippen molar-refractivity contribution in [1.82, 2.24) is 19.7 Å². The first-order chi connectivity index (χ1) is 12.5. The molecule has 1 aliphatic heterocycles. The molecule has 4 rings (SSSR count). The van der Waals surface area contributed by atoms with E-state index in [0.29, 0.717) is 12.6 Å². The number of aryl methyl sites for hydroxylation is 1. The van der Waals surface area contributed by atoms with E-state index in [9.17, 15) is 4.79 Å². The third kappa shape index (κ3) is 2.97. The molecule has 2 aromatic heterocycles. The molecule has 6 nitrogen and oxygen atoms in total. The highest BCUT2D eigenvalue weighted by Gasteiger charge is 2.29. The number of fused-ring (bicyclic) bond motifs is 2. The van der Waals surface area contributed by atoms with Crippen LogP contribution in [0.5, 0.6) is 0 Å². The van der Waals surface area contributed by atoms with E-state index in [1.54, 1.807) is 10.9 Å². The highest BCUT2D eigenvalue weighted by molar-refractivity contribution is 5.95. The Bertz CT molecular complexity index is 962. The number of aromatic nitrogens is 3. The monoisotopic (exact) mass is 349 g/mol. The molecule has 1 aromatic carbocycles. The van der Waals surface area contributed by atoms with Gasteiger partial charge in [-0.2, -0.15) is 5.10 Å². The van der Waals surface area contributed by atoms with Crippen molar-refractivity contribution in [1.29, 1.82) is 0 Å². The van der Waals surface area contributed by atoms with E-state index in [1.807, 2.05) is 42.3 Å². The number of anilines is 1. The Kier molecular flexibility index (Phi) is 4.20. The zero-order chi connectivity index (χ0) is 18.3. The number of carbonyl (C=O) groups excluding carboxylic acids is 1. The van der Waals surface area contributed by atoms with Gasteiger partial charge in [0.1, 0.15) is 6.54 Å². The van der Waals surface area contributed by atoms with Crippen molar-refractivity contribution < 1.29 is 4.79 Å². The Labute approximate surface area is 153 Å². The van der Waals surface area contributed by atoms with Gasteiger partial charge in [0.2, 0.25) is 5.91 Å². The molecule has 0 spiro atoms. The van der Waals surface area contributed by atoms with E-state index in [4.69, 9.17) is 0 Å². The summed E-state index contributed by atoms with van der Waals surface area (Å²) in [5.74, 6) is 0.0383. The standard InChI is InChI=1S/C20H23N5O/c1-14-8-16-11-22-25(20(16)21-10-14)13-19(26)24-12-17(23(2)3)9-15-6-4-5-7-18(15)24/h4-8,10-11,17H,9,12-13H2,1-3H3. The Morgan fingerprint density at radius 3 is 2.88 bits per heavy atom. The predicted molar refractivity (Wildman–Crippen MR) is 102 cm³/mol. The molecule has 26 heavy (non-hydrogen) atoms. The number of pyridine rings is 1. The van der Waals surface area contributed by atoms with Gasteiger partial charge < -0.3 is 9.80 Å². The Balaban J connectivity index is 1.64. The van der Waals surface area contributed by atoms with E-state index in [1.165, 1.54) is 5.56 Å². The molecule has 6 heteroatoms. The molecule has 1 unspecified atom stereocenters. The van der Waals surface area contributed by atoms with Gasteiger partial charge >= 0.3 is 0 Å². The number of likely N-dealkylation sites (N-methyl/N-ethyl adjacent to an activating group) is 1. The molecule has 1 amide bonds. The Morgan fingerprint density at radius 2 is 2.08 bits per heavy atom. The molecule has 0 saturated heterocycles. The van der Waals surface area contributed by atoms with Gasteiger partial charge in [-0.15, -0.1) is 0 Å². The van der Waals surface area contributed by atoms with Crippen molar-refractivity contribution in [2.45, 2.75) is 25.9 Å². The molecule has 1 atom stereocenters. The second-order valence-electron chi connectivity index (χ2n) is 7.18. The minimum atomic E-state index is 0.0383. The number of benzene rings is 1. The molecule has 3 aromatic rings. The van der Waals surface area contributed by atoms with Crippen LogP contribution in [0.1, 0.15) is 11.1 Å². The third-order valence-corrected chi connectivity index (χ3v) is 5.06. The molecule has 3 heterocycles. The smallest absolute Gasteiger partial charge is 0.248 e. The number of hydrogen-bond donors (Lipinski definition) is 0. The van der Waals surface area contributed by atoms with Crippen molar-refractivity contribution >= 4 is 22.6 Å². The summed E-state index contributed by atoms with van der Waals surface area (Å²) in [6.07, 6.45) is 4.54. The van der Waals surface area contributed by atoms with Gasteiger partial charge in [0.15, 0.2) is 5.65 Å². The van der Waals surface area contributed by atoms with Gasteiger partial charge in [0.05, 0.1) is 6.20 Å². The molecule has 0 aliphatic carbocycles. The molecule has 0 saturated carbocycles. The maximum atomic E-state index is 13.1. The highest BCUT2D eigenvalue weighted by atomic mass is 16.2. The number of rotatable bonds is 3. The highest BCUT2D eigenvalue weighted by Crippen LogP contribution is 2.28. The average Bonchev–Trinajstić information content (AvgIpc) is 3.02. The van der Waals surface area contributed by atoms with Gasteiger partial charge in [-0.1, -0.05) is 18.2 Å². The zero-order valence-corrected chi connectivity index (χ0v) is 15.4. The third-order valence-electron chi connectivity index (χ3n) is 5.06. The number of para-hydroxylation sites is 1. The van der Waals surface area contributed by atoms with Crippen LogP contribution in [0.3, 0.4) is 0 Å². The van der Waals surface area contributed by atoms with E-state index in [-0.39, 0.29) is 12.5 Å². The summed E-state index contributed by atoms with van der Waals surface area (Å²) < 4.78 is 1.69. The van der Waals surface area contributed by atoms with Gasteiger partial charge in [-0.3, -0.25) is 4.79 Å². The first kappa shape index (κ1) is 16.7. The molecule has 134 valence electrons. The van der Waals surface area contributed by atoms with E-state index in [2.05, 4.69) is 35.1 Å². The number of amides is 1. The Hall–Kier alpha value is -2.73. The lowest BCUT2D eigenvalue weighted by molar-refractivity contribution is -0.119. The minimum absolute atomic E-state index is 0.0383. The van der Waals surface area contributed by atoms with Crippen LogP contribution in [0.15, 0.2) is 42.7 Å². The van der Waals surface area contributed by atoms with Gasteiger partial charge in [-0.05, 0) is 50.7 Å². The van der Waals surface area contributed by atoms with Crippen LogP contribution >= 0.6 is 0 Å². The molecule has 0 radical (unpaired) electrons. The lowest BCUT2D eigenvalue weighted by atomic mass is 9.97. The van der Waals surface area contributed by atoms with Crippen molar-refractivity contribution in [2.75, 3.05) is 25.5 Å². The van der Waals surface area contributed by atoms with Crippen LogP contribution in [-0.2, 0) is 17.8 Å². The molecular formula is C20H23N5O. The molecule has 0 fully saturated rings. The van der Waals surface area contributed by atoms with Gasteiger partial charge in [0.25, 0.3) is 0 Å². The molecular weight excluding hydrogens is 326 g/mol. The van der Waals surface area contributed by atoms with Crippen molar-refractivity contribution in [3.63, 3.8) is 0 Å². The molecule has 0 N–H and O–H groups in total. The largest absolute Gasteiger partial charge is 0.309 e. The number of hydrogen-bond acceptors (Lipinski definition) is 4. The number of nitrogens with zero attached hydrogens (tertiary/aromatic N) is 5. The summed E-state index contributed by atoms with van der Waals surface area (Å²) in [5, 5.41) is 5.34. The molecule has 0 bridgehead atoms. The summed E-state index contributed by atoms with van der Waals surface area (Å²) in [6, 6.07) is 10.5. The fourth-order valence-corrected chi connectivity index (χ4v) is 3.57. The zero-order valence-electron chi connectivity index (χ0n) is 15.4. The minimum Gasteiger partial charge on any atom is -0.309 e. The topological polar surface area (TPSA) is 54.3 Å². The Morgan fingerprint density at radius 1 is 1.27 bits per heavy atom. The van der Waals surface area contributed by atoms with Crippen LogP contribution in [-0.4, -0.2) is 52.3 Å². The van der Waals surface area contributed by atoms with Crippen LogP contribution in [0, 0.1) is 6.92 Å². The van der Waals surface area contributed by atoms with Crippen molar-refractivity contribution in [3.05, 3.63) is 53.9 Å². The maximum Gasteiger partial charge on any atom is 0.248 e. The normalized spacial score (nSPS) is 16.9. The van der Waals surface area contributed by atoms with Gasteiger partial charge in [-0.25, -0.2) is 9.67 Å². The number of carbonyl (C=O) groups is 1. The second kappa shape index (κ2) is 6.53. The molecule has 1 aliphatic rings. The van der Waals surface area contributed by atoms with E-state index < -0.39 is 0 Å². The summed E-state index contributed by atoms with van der Waals surface area (Å²) in [6.45, 7) is 2.88. The van der Waals surface area contributed by atoms with Gasteiger partial charge in [0, 0.05) is 29.9 Å². The first-order valence-electron chi connectivity index (χ1n) is 8.86. The lowest BCUT2D eigenvalue weighted by Gasteiger charge is -2.37. The fraction of sp³-hybridized carbons (Fsp3) is 0.350. The SMILES string of the molecule is Cc1cnc2c(cnn2CC(=O)N2CC(N(C)C)Cc3ccccc32)c1. The van der Waals surface area contributed by atoms with Crippen LogP contribution < -0.4 is 4.90 Å². The van der Waals surface area contributed by atoms with E-state index in [0.717, 1.165) is 28.7 Å². The quantitative estimate of drug-likeness (QED) is 0.728. The summed E-state index contributed by atoms with van der Waals surface area (Å²) in [4.78, 5) is 21.7. The van der Waals surface area contributed by atoms with Crippen LogP contribution in [0.25, 0.3) is 11.0 Å². The predicted octanol–water partition coefficient (Wildman–Crippen LogP) is 2.26.